The lowest BCUT2D eigenvalue weighted by Crippen LogP contribution is -2.07. The lowest BCUT2D eigenvalue weighted by Gasteiger charge is -2.10. The van der Waals surface area contributed by atoms with Gasteiger partial charge >= 0.3 is 0 Å². The quantitative estimate of drug-likeness (QED) is 0.659. The predicted octanol–water partition coefficient (Wildman–Crippen LogP) is 2.91. The van der Waals surface area contributed by atoms with Crippen molar-refractivity contribution in [2.24, 2.45) is 7.05 Å². The van der Waals surface area contributed by atoms with Crippen LogP contribution in [0.25, 0.3) is 0 Å². The first-order valence-electron chi connectivity index (χ1n) is 6.23. The molecule has 8 heteroatoms. The zero-order valence-electron chi connectivity index (χ0n) is 11.9. The number of rotatable bonds is 5. The van der Waals surface area contributed by atoms with Crippen molar-refractivity contribution in [1.82, 2.24) is 15.1 Å². The summed E-state index contributed by atoms with van der Waals surface area (Å²) >= 11 is 3.34. The Morgan fingerprint density at radius 2 is 2.24 bits per heavy atom. The van der Waals surface area contributed by atoms with E-state index in [2.05, 4.69) is 26.3 Å². The van der Waals surface area contributed by atoms with Crippen molar-refractivity contribution in [1.29, 1.82) is 0 Å². The molecule has 7 nitrogen and oxygen atoms in total. The monoisotopic (exact) mass is 354 g/mol. The van der Waals surface area contributed by atoms with E-state index in [4.69, 9.17) is 4.74 Å². The Morgan fingerprint density at radius 1 is 1.52 bits per heavy atom. The number of aryl methyl sites for hydroxylation is 2. The number of non-ortho nitro benzene ring substituents is 1. The molecule has 21 heavy (non-hydrogen) atoms. The lowest BCUT2D eigenvalue weighted by atomic mass is 10.2. The second-order valence-electron chi connectivity index (χ2n) is 4.50. The molecule has 0 amide bonds. The van der Waals surface area contributed by atoms with Gasteiger partial charge in [-0.25, -0.2) is 4.68 Å². The molecule has 0 unspecified atom stereocenters. The standard InChI is InChI=1S/C13H15BrN4O3/c1-8-10(7-15-2)13(17(3)16-8)21-12-6-9(18(19)20)4-5-11(12)14/h4-6,15H,7H2,1-3H3. The molecule has 2 rings (SSSR count). The van der Waals surface area contributed by atoms with E-state index >= 15 is 0 Å². The van der Waals surface area contributed by atoms with E-state index in [0.717, 1.165) is 11.3 Å². The summed E-state index contributed by atoms with van der Waals surface area (Å²) in [4.78, 5) is 10.4. The van der Waals surface area contributed by atoms with Crippen molar-refractivity contribution >= 4 is 21.6 Å². The smallest absolute Gasteiger partial charge is 0.273 e. The minimum atomic E-state index is -0.456. The molecule has 0 saturated heterocycles. The van der Waals surface area contributed by atoms with Gasteiger partial charge in [-0.2, -0.15) is 5.10 Å². The first kappa shape index (κ1) is 15.5. The maximum atomic E-state index is 10.9. The third-order valence-electron chi connectivity index (χ3n) is 2.97. The normalized spacial score (nSPS) is 10.7. The number of nitro benzene ring substituents is 1. The highest BCUT2D eigenvalue weighted by molar-refractivity contribution is 9.10. The number of aromatic nitrogens is 2. The van der Waals surface area contributed by atoms with Crippen molar-refractivity contribution in [3.8, 4) is 11.6 Å². The van der Waals surface area contributed by atoms with Crippen LogP contribution in [-0.2, 0) is 13.6 Å². The zero-order chi connectivity index (χ0) is 15.6. The van der Waals surface area contributed by atoms with Crippen molar-refractivity contribution in [2.45, 2.75) is 13.5 Å². The fourth-order valence-corrected chi connectivity index (χ4v) is 2.30. The Kier molecular flexibility index (Phi) is 4.59. The molecule has 1 N–H and O–H groups in total. The second kappa shape index (κ2) is 6.23. The minimum Gasteiger partial charge on any atom is -0.437 e. The molecule has 0 aliphatic carbocycles. The van der Waals surface area contributed by atoms with Crippen molar-refractivity contribution < 1.29 is 9.66 Å². The molecule has 0 radical (unpaired) electrons. The molecule has 1 aromatic carbocycles. The number of ether oxygens (including phenoxy) is 1. The maximum Gasteiger partial charge on any atom is 0.273 e. The number of benzene rings is 1. The first-order chi connectivity index (χ1) is 9.93. The van der Waals surface area contributed by atoms with Gasteiger partial charge in [0.2, 0.25) is 5.88 Å². The average Bonchev–Trinajstić information content (AvgIpc) is 2.68. The highest BCUT2D eigenvalue weighted by Crippen LogP contribution is 2.34. The summed E-state index contributed by atoms with van der Waals surface area (Å²) in [6.07, 6.45) is 0. The fraction of sp³-hybridized carbons (Fsp3) is 0.308. The van der Waals surface area contributed by atoms with Crippen molar-refractivity contribution in [3.05, 3.63) is 44.0 Å². The topological polar surface area (TPSA) is 82.2 Å². The van der Waals surface area contributed by atoms with Crippen LogP contribution in [0.4, 0.5) is 5.69 Å². The first-order valence-corrected chi connectivity index (χ1v) is 7.02. The third-order valence-corrected chi connectivity index (χ3v) is 3.63. The van der Waals surface area contributed by atoms with Crippen LogP contribution in [0.2, 0.25) is 0 Å². The van der Waals surface area contributed by atoms with E-state index in [1.54, 1.807) is 17.8 Å². The average molecular weight is 355 g/mol. The van der Waals surface area contributed by atoms with Crippen LogP contribution in [0, 0.1) is 17.0 Å². The van der Waals surface area contributed by atoms with Crippen molar-refractivity contribution in [2.75, 3.05) is 7.05 Å². The van der Waals surface area contributed by atoms with Crippen LogP contribution in [0.1, 0.15) is 11.3 Å². The zero-order valence-corrected chi connectivity index (χ0v) is 13.5. The molecule has 0 spiro atoms. The molecule has 0 bridgehead atoms. The molecule has 0 saturated carbocycles. The highest BCUT2D eigenvalue weighted by Gasteiger charge is 2.18. The van der Waals surface area contributed by atoms with Gasteiger partial charge in [-0.15, -0.1) is 0 Å². The number of nitrogens with one attached hydrogen (secondary N) is 1. The predicted molar refractivity (Wildman–Crippen MR) is 81.6 cm³/mol. The highest BCUT2D eigenvalue weighted by atomic mass is 79.9. The summed E-state index contributed by atoms with van der Waals surface area (Å²) in [5, 5.41) is 18.2. The Labute approximate surface area is 130 Å². The second-order valence-corrected chi connectivity index (χ2v) is 5.35. The molecule has 1 aromatic heterocycles. The Bertz CT molecular complexity index is 684. The summed E-state index contributed by atoms with van der Waals surface area (Å²) in [7, 11) is 3.60. The third kappa shape index (κ3) is 3.22. The van der Waals surface area contributed by atoms with E-state index in [1.807, 2.05) is 14.0 Å². The summed E-state index contributed by atoms with van der Waals surface area (Å²) < 4.78 is 8.10. The Hall–Kier alpha value is -1.93. The lowest BCUT2D eigenvalue weighted by molar-refractivity contribution is -0.384. The molecule has 112 valence electrons. The van der Waals surface area contributed by atoms with E-state index in [1.165, 1.54) is 12.1 Å². The van der Waals surface area contributed by atoms with E-state index < -0.39 is 4.92 Å². The molecule has 0 aliphatic rings. The van der Waals surface area contributed by atoms with Gasteiger partial charge in [0.15, 0.2) is 5.75 Å². The Balaban J connectivity index is 2.42. The van der Waals surface area contributed by atoms with E-state index in [-0.39, 0.29) is 5.69 Å². The number of nitro groups is 1. The number of hydrogen-bond acceptors (Lipinski definition) is 5. The number of nitrogens with zero attached hydrogens (tertiary/aromatic N) is 3. The molecule has 0 fully saturated rings. The maximum absolute atomic E-state index is 10.9. The van der Waals surface area contributed by atoms with Crippen LogP contribution in [0.15, 0.2) is 22.7 Å². The van der Waals surface area contributed by atoms with Gasteiger partial charge in [0.25, 0.3) is 5.69 Å². The largest absolute Gasteiger partial charge is 0.437 e. The van der Waals surface area contributed by atoms with Gasteiger partial charge in [0.1, 0.15) is 0 Å². The molecule has 0 atom stereocenters. The number of hydrogen-bond donors (Lipinski definition) is 1. The summed E-state index contributed by atoms with van der Waals surface area (Å²) in [6.45, 7) is 2.49. The van der Waals surface area contributed by atoms with Crippen LogP contribution in [0.3, 0.4) is 0 Å². The molecule has 2 aromatic rings. The van der Waals surface area contributed by atoms with E-state index in [0.29, 0.717) is 22.6 Å². The van der Waals surface area contributed by atoms with Gasteiger partial charge in [-0.3, -0.25) is 10.1 Å². The van der Waals surface area contributed by atoms with Crippen LogP contribution in [0.5, 0.6) is 11.6 Å². The fourth-order valence-electron chi connectivity index (χ4n) is 1.98. The Morgan fingerprint density at radius 3 is 2.86 bits per heavy atom. The molecule has 1 heterocycles. The summed E-state index contributed by atoms with van der Waals surface area (Å²) in [5.41, 5.74) is 1.74. The molecular weight excluding hydrogens is 340 g/mol. The van der Waals surface area contributed by atoms with Crippen LogP contribution in [-0.4, -0.2) is 21.8 Å². The minimum absolute atomic E-state index is 0.0257. The van der Waals surface area contributed by atoms with Crippen LogP contribution < -0.4 is 10.1 Å². The van der Waals surface area contributed by atoms with Gasteiger partial charge in [-0.1, -0.05) is 0 Å². The van der Waals surface area contributed by atoms with Gasteiger partial charge in [0.05, 0.1) is 26.7 Å². The summed E-state index contributed by atoms with van der Waals surface area (Å²) in [5.74, 6) is 0.938. The van der Waals surface area contributed by atoms with Crippen LogP contribution >= 0.6 is 15.9 Å². The SMILES string of the molecule is CNCc1c(C)nn(C)c1Oc1cc([N+](=O)[O-])ccc1Br. The molecule has 0 aliphatic heterocycles. The van der Waals surface area contributed by atoms with Crippen molar-refractivity contribution in [3.63, 3.8) is 0 Å². The van der Waals surface area contributed by atoms with Gasteiger partial charge in [0, 0.05) is 19.7 Å². The summed E-state index contributed by atoms with van der Waals surface area (Å²) in [6, 6.07) is 4.39. The van der Waals surface area contributed by atoms with Gasteiger partial charge in [-0.05, 0) is 36.0 Å². The molecular formula is C13H15BrN4O3. The van der Waals surface area contributed by atoms with E-state index in [9.17, 15) is 10.1 Å². The number of halogens is 1. The van der Waals surface area contributed by atoms with Gasteiger partial charge < -0.3 is 10.1 Å².